The van der Waals surface area contributed by atoms with E-state index in [1.54, 1.807) is 0 Å². The van der Waals surface area contributed by atoms with Crippen molar-refractivity contribution in [3.8, 4) is 0 Å². The van der Waals surface area contributed by atoms with Crippen LogP contribution >= 0.6 is 31.9 Å². The molecular weight excluding hydrogens is 470 g/mol. The van der Waals surface area contributed by atoms with Crippen molar-refractivity contribution in [2.24, 2.45) is 0 Å². The van der Waals surface area contributed by atoms with Gasteiger partial charge < -0.3 is 0 Å². The zero-order valence-corrected chi connectivity index (χ0v) is 19.0. The Morgan fingerprint density at radius 2 is 0.929 bits per heavy atom. The molecule has 0 saturated heterocycles. The fraction of sp³-hybridized carbons (Fsp3) is 0.0769. The summed E-state index contributed by atoms with van der Waals surface area (Å²) in [7, 11) is -0.547. The molecule has 0 bridgehead atoms. The summed E-state index contributed by atoms with van der Waals surface area (Å²) in [5.41, 5.74) is 2.86. The lowest BCUT2D eigenvalue weighted by Crippen LogP contribution is -2.23. The first-order valence-electron chi connectivity index (χ1n) is 9.44. The van der Waals surface area contributed by atoms with Gasteiger partial charge in [-0.2, -0.15) is 0 Å². The van der Waals surface area contributed by atoms with Crippen molar-refractivity contribution in [3.05, 3.63) is 126 Å². The number of halogens is 1. The Balaban J connectivity index is 0.00000225. The molecule has 0 atom stereocenters. The van der Waals surface area contributed by atoms with Crippen LogP contribution in [0.3, 0.4) is 0 Å². The molecule has 0 aliphatic heterocycles. The van der Waals surface area contributed by atoms with E-state index in [0.29, 0.717) is 0 Å². The van der Waals surface area contributed by atoms with E-state index in [1.165, 1.54) is 27.0 Å². The quantitative estimate of drug-likeness (QED) is 0.233. The van der Waals surface area contributed by atoms with Crippen molar-refractivity contribution in [1.29, 1.82) is 0 Å². The molecule has 2 heteroatoms. The maximum absolute atomic E-state index is 2.33. The van der Waals surface area contributed by atoms with E-state index in [-0.39, 0.29) is 24.0 Å². The Hall–Kier alpha value is -1.96. The number of hydrogen-bond acceptors (Lipinski definition) is 0. The first-order chi connectivity index (χ1) is 13.4. The lowest BCUT2D eigenvalue weighted by atomic mass is 10.0. The number of benzene rings is 4. The second-order valence-electron chi connectivity index (χ2n) is 6.62. The smallest absolute Gasteiger partial charge is 0.0119 e. The molecule has 0 radical (unpaired) electrons. The van der Waals surface area contributed by atoms with Gasteiger partial charge in [-0.15, -0.1) is 24.0 Å². The predicted molar refractivity (Wildman–Crippen MR) is 134 cm³/mol. The van der Waals surface area contributed by atoms with E-state index in [2.05, 4.69) is 115 Å². The van der Waals surface area contributed by atoms with Crippen LogP contribution in [-0.2, 0) is 12.8 Å². The molecule has 0 aliphatic rings. The lowest BCUT2D eigenvalue weighted by molar-refractivity contribution is 0.967. The molecule has 0 aliphatic carbocycles. The third-order valence-corrected chi connectivity index (χ3v) is 7.33. The summed E-state index contributed by atoms with van der Waals surface area (Å²) in [6.45, 7) is 0. The molecule has 0 amide bonds. The van der Waals surface area contributed by atoms with Crippen molar-refractivity contribution in [2.75, 3.05) is 0 Å². The van der Waals surface area contributed by atoms with Crippen molar-refractivity contribution < 1.29 is 0 Å². The maximum Gasteiger partial charge on any atom is -0.0119 e. The second kappa shape index (κ2) is 10.5. The van der Waals surface area contributed by atoms with Gasteiger partial charge in [0, 0.05) is 0 Å². The Morgan fingerprint density at radius 1 is 0.464 bits per heavy atom. The predicted octanol–water partition coefficient (Wildman–Crippen LogP) is 5.85. The minimum absolute atomic E-state index is 0. The van der Waals surface area contributed by atoms with Crippen LogP contribution in [0.25, 0.3) is 0 Å². The van der Waals surface area contributed by atoms with Gasteiger partial charge in [-0.05, 0) is 47.8 Å². The van der Waals surface area contributed by atoms with Crippen molar-refractivity contribution in [1.82, 2.24) is 0 Å². The van der Waals surface area contributed by atoms with Crippen LogP contribution in [0.2, 0.25) is 0 Å². The standard InChI is InChI=1S/C26H23P.HI/c1-4-12-22(13-5-1)20-21-23-14-10-11-19-26(23)27(24-15-6-2-7-16-24)25-17-8-3-9-18-25;/h1-19H,20-21H2;1H. The van der Waals surface area contributed by atoms with Crippen LogP contribution in [0.1, 0.15) is 11.1 Å². The largest absolute Gasteiger partial charge is 0.107 e. The third kappa shape index (κ3) is 5.10. The SMILES string of the molecule is I.c1ccc(CCc2ccccc2P(c2ccccc2)c2ccccc2)cc1. The van der Waals surface area contributed by atoms with Gasteiger partial charge >= 0.3 is 0 Å². The Morgan fingerprint density at radius 3 is 1.50 bits per heavy atom. The minimum atomic E-state index is -0.547. The molecule has 4 aromatic rings. The summed E-state index contributed by atoms with van der Waals surface area (Å²) in [6, 6.07) is 41.7. The molecule has 0 heterocycles. The Labute approximate surface area is 186 Å². The molecule has 0 spiro atoms. The molecule has 0 aromatic heterocycles. The highest BCUT2D eigenvalue weighted by molar-refractivity contribution is 14.0. The summed E-state index contributed by atoms with van der Waals surface area (Å²) in [5.74, 6) is 0. The van der Waals surface area contributed by atoms with Crippen LogP contribution in [0, 0.1) is 0 Å². The molecular formula is C26H24IP. The van der Waals surface area contributed by atoms with Crippen LogP contribution in [-0.4, -0.2) is 0 Å². The van der Waals surface area contributed by atoms with Crippen LogP contribution in [0.5, 0.6) is 0 Å². The highest BCUT2D eigenvalue weighted by Crippen LogP contribution is 2.34. The van der Waals surface area contributed by atoms with Crippen LogP contribution in [0.15, 0.2) is 115 Å². The molecule has 0 fully saturated rings. The van der Waals surface area contributed by atoms with Gasteiger partial charge in [0.1, 0.15) is 0 Å². The molecule has 0 unspecified atom stereocenters. The summed E-state index contributed by atoms with van der Waals surface area (Å²) in [5, 5.41) is 4.29. The highest BCUT2D eigenvalue weighted by atomic mass is 127. The first kappa shape index (κ1) is 20.8. The van der Waals surface area contributed by atoms with E-state index in [1.807, 2.05) is 0 Å². The van der Waals surface area contributed by atoms with E-state index in [4.69, 9.17) is 0 Å². The van der Waals surface area contributed by atoms with Gasteiger partial charge in [-0.1, -0.05) is 115 Å². The zero-order valence-electron chi connectivity index (χ0n) is 15.7. The zero-order chi connectivity index (χ0) is 18.3. The average Bonchev–Trinajstić information content (AvgIpc) is 2.76. The van der Waals surface area contributed by atoms with Crippen LogP contribution < -0.4 is 15.9 Å². The van der Waals surface area contributed by atoms with E-state index in [9.17, 15) is 0 Å². The topological polar surface area (TPSA) is 0 Å². The Kier molecular flexibility index (Phi) is 7.82. The fourth-order valence-corrected chi connectivity index (χ4v) is 5.95. The number of hydrogen-bond donors (Lipinski definition) is 0. The van der Waals surface area contributed by atoms with Gasteiger partial charge in [-0.3, -0.25) is 0 Å². The molecule has 0 N–H and O–H groups in total. The average molecular weight is 494 g/mol. The monoisotopic (exact) mass is 494 g/mol. The normalized spacial score (nSPS) is 10.5. The summed E-state index contributed by atoms with van der Waals surface area (Å²) in [4.78, 5) is 0. The van der Waals surface area contributed by atoms with Gasteiger partial charge in [0.2, 0.25) is 0 Å². The van der Waals surface area contributed by atoms with Crippen molar-refractivity contribution in [3.63, 3.8) is 0 Å². The van der Waals surface area contributed by atoms with Gasteiger partial charge in [0.25, 0.3) is 0 Å². The first-order valence-corrected chi connectivity index (χ1v) is 10.8. The molecule has 28 heavy (non-hydrogen) atoms. The Bertz CT molecular complexity index is 929. The van der Waals surface area contributed by atoms with Gasteiger partial charge in [0.05, 0.1) is 0 Å². The molecule has 0 nitrogen and oxygen atoms in total. The molecule has 0 saturated carbocycles. The van der Waals surface area contributed by atoms with E-state index >= 15 is 0 Å². The summed E-state index contributed by atoms with van der Waals surface area (Å²) < 4.78 is 0. The molecule has 4 rings (SSSR count). The van der Waals surface area contributed by atoms with Gasteiger partial charge in [-0.25, -0.2) is 0 Å². The highest BCUT2D eigenvalue weighted by Gasteiger charge is 2.18. The van der Waals surface area contributed by atoms with Crippen molar-refractivity contribution in [2.45, 2.75) is 12.8 Å². The molecule has 140 valence electrons. The van der Waals surface area contributed by atoms with Gasteiger partial charge in [0.15, 0.2) is 0 Å². The number of rotatable bonds is 6. The van der Waals surface area contributed by atoms with Crippen molar-refractivity contribution >= 4 is 47.8 Å². The maximum atomic E-state index is 2.33. The van der Waals surface area contributed by atoms with E-state index in [0.717, 1.165) is 12.8 Å². The third-order valence-electron chi connectivity index (χ3n) is 4.79. The minimum Gasteiger partial charge on any atom is -0.107 e. The second-order valence-corrected chi connectivity index (χ2v) is 8.81. The number of aryl methyl sites for hydroxylation is 2. The fourth-order valence-electron chi connectivity index (χ4n) is 3.45. The lowest BCUT2D eigenvalue weighted by Gasteiger charge is -2.22. The summed E-state index contributed by atoms with van der Waals surface area (Å²) in [6.07, 6.45) is 2.14. The summed E-state index contributed by atoms with van der Waals surface area (Å²) >= 11 is 0. The van der Waals surface area contributed by atoms with Crippen LogP contribution in [0.4, 0.5) is 0 Å². The molecule has 4 aromatic carbocycles. The van der Waals surface area contributed by atoms with E-state index < -0.39 is 7.92 Å².